The van der Waals surface area contributed by atoms with Gasteiger partial charge in [0.15, 0.2) is 0 Å². The summed E-state index contributed by atoms with van der Waals surface area (Å²) in [6.07, 6.45) is -5.32. The molecule has 0 radical (unpaired) electrons. The first-order valence-electron chi connectivity index (χ1n) is 6.77. The van der Waals surface area contributed by atoms with Gasteiger partial charge in [0.2, 0.25) is 11.6 Å². The lowest BCUT2D eigenvalue weighted by Crippen LogP contribution is -2.12. The fourth-order valence-electron chi connectivity index (χ4n) is 2.17. The molecule has 148 valence electrons. The number of hydrogen-bond acceptors (Lipinski definition) is 7. The van der Waals surface area contributed by atoms with Crippen LogP contribution >= 0.6 is 0 Å². The fraction of sp³-hybridized carbons (Fsp3) is 0.0769. The number of anilines is 2. The average molecular weight is 408 g/mol. The Labute approximate surface area is 149 Å². The lowest BCUT2D eigenvalue weighted by molar-refractivity contribution is -0.394. The number of benzene rings is 2. The summed E-state index contributed by atoms with van der Waals surface area (Å²) < 4.78 is 67.1. The molecule has 0 saturated heterocycles. The van der Waals surface area contributed by atoms with Crippen molar-refractivity contribution in [2.45, 2.75) is 6.18 Å². The number of nitro benzene ring substituents is 3. The van der Waals surface area contributed by atoms with Crippen molar-refractivity contribution in [2.75, 3.05) is 5.32 Å². The maximum Gasteiger partial charge on any atom is 0.418 e. The second kappa shape index (κ2) is 7.01. The van der Waals surface area contributed by atoms with Gasteiger partial charge in [-0.15, -0.1) is 0 Å². The Bertz CT molecular complexity index is 987. The number of rotatable bonds is 5. The van der Waals surface area contributed by atoms with E-state index in [0.717, 1.165) is 0 Å². The van der Waals surface area contributed by atoms with Crippen LogP contribution in [-0.4, -0.2) is 14.8 Å². The van der Waals surface area contributed by atoms with Crippen LogP contribution in [0, 0.1) is 42.0 Å². The van der Waals surface area contributed by atoms with Gasteiger partial charge in [-0.1, -0.05) is 0 Å². The minimum Gasteiger partial charge on any atom is -0.349 e. The first kappa shape index (κ1) is 20.4. The number of nitrogens with zero attached hydrogens (tertiary/aromatic N) is 3. The van der Waals surface area contributed by atoms with Crippen molar-refractivity contribution in [3.8, 4) is 0 Å². The summed E-state index contributed by atoms with van der Waals surface area (Å²) in [6.45, 7) is 0. The van der Waals surface area contributed by atoms with E-state index in [4.69, 9.17) is 0 Å². The van der Waals surface area contributed by atoms with E-state index in [1.54, 1.807) is 5.32 Å². The third kappa shape index (κ3) is 3.92. The predicted molar refractivity (Wildman–Crippen MR) is 81.0 cm³/mol. The third-order valence-electron chi connectivity index (χ3n) is 3.28. The Balaban J connectivity index is 2.73. The Kier molecular flexibility index (Phi) is 5.11. The summed E-state index contributed by atoms with van der Waals surface area (Å²) in [5.74, 6) is -3.52. The number of halogens is 5. The van der Waals surface area contributed by atoms with E-state index in [9.17, 15) is 52.3 Å². The molecular weight excluding hydrogens is 403 g/mol. The molecule has 0 atom stereocenters. The van der Waals surface area contributed by atoms with Crippen LogP contribution in [0.3, 0.4) is 0 Å². The van der Waals surface area contributed by atoms with Crippen molar-refractivity contribution in [3.05, 3.63) is 71.8 Å². The van der Waals surface area contributed by atoms with Gasteiger partial charge in [-0.25, -0.2) is 0 Å². The molecule has 0 bridgehead atoms. The highest BCUT2D eigenvalue weighted by atomic mass is 19.4. The molecule has 2 aromatic rings. The summed E-state index contributed by atoms with van der Waals surface area (Å²) in [5, 5.41) is 34.1. The Hall–Kier alpha value is -3.91. The summed E-state index contributed by atoms with van der Waals surface area (Å²) in [5.41, 5.74) is -8.25. The fourth-order valence-corrected chi connectivity index (χ4v) is 2.17. The van der Waals surface area contributed by atoms with Gasteiger partial charge in [-0.3, -0.25) is 30.3 Å². The van der Waals surface area contributed by atoms with Crippen LogP contribution in [0.5, 0.6) is 0 Å². The molecule has 0 heterocycles. The van der Waals surface area contributed by atoms with Gasteiger partial charge in [0.25, 0.3) is 11.4 Å². The summed E-state index contributed by atoms with van der Waals surface area (Å²) >= 11 is 0. The van der Waals surface area contributed by atoms with Crippen molar-refractivity contribution in [1.29, 1.82) is 0 Å². The summed E-state index contributed by atoms with van der Waals surface area (Å²) in [6, 6.07) is 0.697. The van der Waals surface area contributed by atoms with Crippen LogP contribution < -0.4 is 5.32 Å². The normalized spacial score (nSPS) is 11.2. The Morgan fingerprint density at radius 2 is 1.36 bits per heavy atom. The van der Waals surface area contributed by atoms with E-state index in [1.165, 1.54) is 0 Å². The predicted octanol–water partition coefficient (Wildman–Crippen LogP) is 4.45. The lowest BCUT2D eigenvalue weighted by atomic mass is 10.1. The van der Waals surface area contributed by atoms with Gasteiger partial charge in [-0.05, 0) is 0 Å². The second-order valence-corrected chi connectivity index (χ2v) is 5.07. The largest absolute Gasteiger partial charge is 0.418 e. The number of nitro groups is 3. The molecule has 0 aliphatic heterocycles. The molecule has 0 unspecified atom stereocenters. The first-order valence-corrected chi connectivity index (χ1v) is 6.77. The van der Waals surface area contributed by atoms with Gasteiger partial charge in [0.05, 0.1) is 26.4 Å². The Morgan fingerprint density at radius 1 is 0.821 bits per heavy atom. The molecule has 28 heavy (non-hydrogen) atoms. The zero-order valence-electron chi connectivity index (χ0n) is 13.0. The Morgan fingerprint density at radius 3 is 1.75 bits per heavy atom. The minimum absolute atomic E-state index is 0.00651. The second-order valence-electron chi connectivity index (χ2n) is 5.07. The quantitative estimate of drug-likeness (QED) is 0.437. The lowest BCUT2D eigenvalue weighted by Gasteiger charge is -2.15. The minimum atomic E-state index is -5.32. The van der Waals surface area contributed by atoms with Gasteiger partial charge in [-0.2, -0.15) is 22.0 Å². The maximum absolute atomic E-state index is 13.7. The number of non-ortho nitro benzene ring substituents is 1. The highest BCUT2D eigenvalue weighted by Crippen LogP contribution is 2.44. The van der Waals surface area contributed by atoms with E-state index in [1.807, 2.05) is 0 Å². The van der Waals surface area contributed by atoms with Crippen LogP contribution in [0.25, 0.3) is 0 Å². The monoisotopic (exact) mass is 408 g/mol. The molecule has 0 aromatic heterocycles. The van der Waals surface area contributed by atoms with E-state index >= 15 is 0 Å². The van der Waals surface area contributed by atoms with Crippen molar-refractivity contribution in [2.24, 2.45) is 0 Å². The van der Waals surface area contributed by atoms with E-state index in [0.29, 0.717) is 0 Å². The molecule has 1 N–H and O–H groups in total. The van der Waals surface area contributed by atoms with Gasteiger partial charge >= 0.3 is 11.9 Å². The van der Waals surface area contributed by atoms with Crippen molar-refractivity contribution in [3.63, 3.8) is 0 Å². The smallest absolute Gasteiger partial charge is 0.349 e. The zero-order valence-corrected chi connectivity index (χ0v) is 13.0. The van der Waals surface area contributed by atoms with Crippen LogP contribution in [0.2, 0.25) is 0 Å². The molecule has 2 aromatic carbocycles. The number of nitrogens with one attached hydrogen (secondary N) is 1. The molecule has 10 nitrogen and oxygen atoms in total. The molecule has 0 saturated carbocycles. The van der Waals surface area contributed by atoms with Crippen molar-refractivity contribution in [1.82, 2.24) is 0 Å². The topological polar surface area (TPSA) is 141 Å². The molecular formula is C13H5F5N4O6. The highest BCUT2D eigenvalue weighted by Gasteiger charge is 2.40. The molecule has 15 heteroatoms. The van der Waals surface area contributed by atoms with Gasteiger partial charge < -0.3 is 5.32 Å². The molecule has 0 fully saturated rings. The van der Waals surface area contributed by atoms with E-state index < -0.39 is 66.6 Å². The summed E-state index contributed by atoms with van der Waals surface area (Å²) in [4.78, 5) is 28.3. The molecule has 0 aliphatic carbocycles. The average Bonchev–Trinajstić information content (AvgIpc) is 2.52. The maximum atomic E-state index is 13.7. The molecule has 0 spiro atoms. The zero-order chi connectivity index (χ0) is 21.4. The van der Waals surface area contributed by atoms with Gasteiger partial charge in [0, 0.05) is 23.9 Å². The summed E-state index contributed by atoms with van der Waals surface area (Å²) in [7, 11) is 0. The van der Waals surface area contributed by atoms with E-state index in [2.05, 4.69) is 0 Å². The van der Waals surface area contributed by atoms with Crippen molar-refractivity contribution < 1.29 is 36.7 Å². The van der Waals surface area contributed by atoms with Crippen LogP contribution in [0.4, 0.5) is 50.4 Å². The third-order valence-corrected chi connectivity index (χ3v) is 3.28. The molecule has 2 rings (SSSR count). The molecule has 0 amide bonds. The number of hydrogen-bond donors (Lipinski definition) is 1. The molecule has 0 aliphatic rings. The van der Waals surface area contributed by atoms with Gasteiger partial charge in [0.1, 0.15) is 5.69 Å². The SMILES string of the molecule is O=[N+]([O-])c1cc([N+](=O)[O-])c(Nc2cc(F)c([N+](=O)[O-])c(F)c2)c(C(F)(F)F)c1. The van der Waals surface area contributed by atoms with Crippen LogP contribution in [0.15, 0.2) is 24.3 Å². The van der Waals surface area contributed by atoms with E-state index in [-0.39, 0.29) is 24.3 Å². The highest BCUT2D eigenvalue weighted by molar-refractivity contribution is 5.76. The van der Waals surface area contributed by atoms with Crippen molar-refractivity contribution >= 4 is 28.4 Å². The van der Waals surface area contributed by atoms with Crippen LogP contribution in [0.1, 0.15) is 5.56 Å². The standard InChI is InChI=1S/C13H5F5N4O6/c14-8-1-5(2-9(15)12(8)22(27)28)19-11-7(13(16,17)18)3-6(20(23)24)4-10(11)21(25)26/h1-4,19H. The first-order chi connectivity index (χ1) is 12.8. The van der Waals surface area contributed by atoms with Crippen LogP contribution in [-0.2, 0) is 6.18 Å². The number of alkyl halides is 3.